The maximum atomic E-state index is 10.6. The van der Waals surface area contributed by atoms with Crippen LogP contribution in [0.5, 0.6) is 5.88 Å². The van der Waals surface area contributed by atoms with Gasteiger partial charge in [0.05, 0.1) is 11.5 Å². The Morgan fingerprint density at radius 2 is 2.20 bits per heavy atom. The van der Waals surface area contributed by atoms with Gasteiger partial charge in [-0.25, -0.2) is 4.98 Å². The van der Waals surface area contributed by atoms with Gasteiger partial charge in [-0.1, -0.05) is 0 Å². The van der Waals surface area contributed by atoms with Crippen molar-refractivity contribution >= 4 is 5.69 Å². The number of hydrogen-bond donors (Lipinski definition) is 0. The Bertz CT molecular complexity index is 354. The molecule has 0 radical (unpaired) electrons. The molecule has 0 bridgehead atoms. The van der Waals surface area contributed by atoms with Gasteiger partial charge >= 0.3 is 5.69 Å². The third-order valence-corrected chi connectivity index (χ3v) is 1.70. The molecule has 1 aromatic heterocycles. The van der Waals surface area contributed by atoms with Crippen molar-refractivity contribution in [2.45, 2.75) is 6.92 Å². The van der Waals surface area contributed by atoms with Gasteiger partial charge in [-0.05, 0) is 13.0 Å². The van der Waals surface area contributed by atoms with E-state index < -0.39 is 4.92 Å². The van der Waals surface area contributed by atoms with Crippen LogP contribution in [0.4, 0.5) is 5.69 Å². The Balaban J connectivity index is 2.82. The molecule has 1 aromatic rings. The standard InChI is InChI=1S/C9H12N2O4/c1-7-3-4-8(11(12)13)9(10-7)15-6-5-14-2/h3-4H,5-6H2,1-2H3. The van der Waals surface area contributed by atoms with Crippen LogP contribution in [0.15, 0.2) is 12.1 Å². The van der Waals surface area contributed by atoms with E-state index in [2.05, 4.69) is 4.98 Å². The molecule has 0 aromatic carbocycles. The van der Waals surface area contributed by atoms with Gasteiger partial charge in [0.25, 0.3) is 5.88 Å². The van der Waals surface area contributed by atoms with Gasteiger partial charge in [-0.15, -0.1) is 0 Å². The van der Waals surface area contributed by atoms with Crippen LogP contribution in [0.1, 0.15) is 5.69 Å². The molecule has 0 aliphatic heterocycles. The number of pyridine rings is 1. The molecule has 0 atom stereocenters. The maximum Gasteiger partial charge on any atom is 0.330 e. The third kappa shape index (κ3) is 3.17. The van der Waals surface area contributed by atoms with E-state index in [1.165, 1.54) is 13.2 Å². The van der Waals surface area contributed by atoms with Crippen LogP contribution in [0.3, 0.4) is 0 Å². The predicted molar refractivity (Wildman–Crippen MR) is 53.0 cm³/mol. The fraction of sp³-hybridized carbons (Fsp3) is 0.444. The number of nitro groups is 1. The molecular formula is C9H12N2O4. The fourth-order valence-corrected chi connectivity index (χ4v) is 0.992. The van der Waals surface area contributed by atoms with Gasteiger partial charge in [-0.3, -0.25) is 10.1 Å². The highest BCUT2D eigenvalue weighted by atomic mass is 16.6. The molecule has 1 rings (SSSR count). The van der Waals surface area contributed by atoms with Crippen molar-refractivity contribution in [2.75, 3.05) is 20.3 Å². The van der Waals surface area contributed by atoms with Gasteiger partial charge in [0.2, 0.25) is 0 Å². The Hall–Kier alpha value is -1.69. The number of nitrogens with zero attached hydrogens (tertiary/aromatic N) is 2. The zero-order valence-corrected chi connectivity index (χ0v) is 8.60. The molecule has 6 nitrogen and oxygen atoms in total. The van der Waals surface area contributed by atoms with Gasteiger partial charge in [0.1, 0.15) is 6.61 Å². The summed E-state index contributed by atoms with van der Waals surface area (Å²) < 4.78 is 9.91. The number of aryl methyl sites for hydroxylation is 1. The summed E-state index contributed by atoms with van der Waals surface area (Å²) in [6.45, 7) is 2.35. The van der Waals surface area contributed by atoms with Gasteiger partial charge < -0.3 is 9.47 Å². The van der Waals surface area contributed by atoms with Crippen LogP contribution in [0.2, 0.25) is 0 Å². The van der Waals surface area contributed by atoms with Crippen molar-refractivity contribution in [1.82, 2.24) is 4.98 Å². The number of ether oxygens (including phenoxy) is 2. The van der Waals surface area contributed by atoms with E-state index >= 15 is 0 Å². The predicted octanol–water partition coefficient (Wildman–Crippen LogP) is 1.32. The molecule has 0 fully saturated rings. The lowest BCUT2D eigenvalue weighted by Gasteiger charge is -2.05. The van der Waals surface area contributed by atoms with Crippen LogP contribution in [0.25, 0.3) is 0 Å². The molecule has 0 saturated heterocycles. The summed E-state index contributed by atoms with van der Waals surface area (Å²) in [5, 5.41) is 10.6. The summed E-state index contributed by atoms with van der Waals surface area (Å²) in [6.07, 6.45) is 0. The van der Waals surface area contributed by atoms with Crippen molar-refractivity contribution in [1.29, 1.82) is 0 Å². The average Bonchev–Trinajstić information content (AvgIpc) is 2.18. The highest BCUT2D eigenvalue weighted by molar-refractivity contribution is 5.41. The zero-order chi connectivity index (χ0) is 11.3. The highest BCUT2D eigenvalue weighted by Gasteiger charge is 2.16. The van der Waals surface area contributed by atoms with Crippen LogP contribution in [-0.4, -0.2) is 30.2 Å². The summed E-state index contributed by atoms with van der Waals surface area (Å²) in [5.74, 6) is 0.0389. The molecule has 15 heavy (non-hydrogen) atoms. The van der Waals surface area contributed by atoms with Crippen molar-refractivity contribution in [3.63, 3.8) is 0 Å². The molecule has 0 amide bonds. The second-order valence-corrected chi connectivity index (χ2v) is 2.88. The smallest absolute Gasteiger partial charge is 0.330 e. The first-order valence-corrected chi connectivity index (χ1v) is 4.39. The van der Waals surface area contributed by atoms with E-state index in [1.807, 2.05) is 0 Å². The normalized spacial score (nSPS) is 10.0. The quantitative estimate of drug-likeness (QED) is 0.418. The lowest BCUT2D eigenvalue weighted by atomic mass is 10.3. The van der Waals surface area contributed by atoms with E-state index in [-0.39, 0.29) is 18.2 Å². The lowest BCUT2D eigenvalue weighted by Crippen LogP contribution is -2.07. The third-order valence-electron chi connectivity index (χ3n) is 1.70. The minimum atomic E-state index is -0.519. The van der Waals surface area contributed by atoms with E-state index in [0.717, 1.165) is 0 Å². The summed E-state index contributed by atoms with van der Waals surface area (Å²) in [7, 11) is 1.53. The van der Waals surface area contributed by atoms with Crippen molar-refractivity contribution in [3.8, 4) is 5.88 Å². The second-order valence-electron chi connectivity index (χ2n) is 2.88. The highest BCUT2D eigenvalue weighted by Crippen LogP contribution is 2.23. The van der Waals surface area contributed by atoms with Gasteiger partial charge in [-0.2, -0.15) is 0 Å². The Morgan fingerprint density at radius 1 is 1.47 bits per heavy atom. The molecule has 0 spiro atoms. The number of methoxy groups -OCH3 is 1. The van der Waals surface area contributed by atoms with Crippen LogP contribution >= 0.6 is 0 Å². The summed E-state index contributed by atoms with van der Waals surface area (Å²) in [4.78, 5) is 14.0. The summed E-state index contributed by atoms with van der Waals surface area (Å²) in [5.41, 5.74) is 0.546. The Morgan fingerprint density at radius 3 is 2.80 bits per heavy atom. The SMILES string of the molecule is COCCOc1nc(C)ccc1[N+](=O)[O-]. The molecule has 0 unspecified atom stereocenters. The Kier molecular flexibility index (Phi) is 3.99. The molecule has 1 heterocycles. The van der Waals surface area contributed by atoms with Crippen LogP contribution in [-0.2, 0) is 4.74 Å². The topological polar surface area (TPSA) is 74.5 Å². The number of rotatable bonds is 5. The van der Waals surface area contributed by atoms with E-state index in [4.69, 9.17) is 9.47 Å². The fourth-order valence-electron chi connectivity index (χ4n) is 0.992. The molecular weight excluding hydrogens is 200 g/mol. The monoisotopic (exact) mass is 212 g/mol. The van der Waals surface area contributed by atoms with Crippen molar-refractivity contribution in [3.05, 3.63) is 27.9 Å². The zero-order valence-electron chi connectivity index (χ0n) is 8.60. The lowest BCUT2D eigenvalue weighted by molar-refractivity contribution is -0.386. The number of hydrogen-bond acceptors (Lipinski definition) is 5. The first-order valence-electron chi connectivity index (χ1n) is 4.39. The Labute approximate surface area is 87.0 Å². The first kappa shape index (κ1) is 11.4. The molecule has 0 aliphatic rings. The van der Waals surface area contributed by atoms with Crippen molar-refractivity contribution in [2.24, 2.45) is 0 Å². The second kappa shape index (κ2) is 5.26. The molecule has 6 heteroatoms. The largest absolute Gasteiger partial charge is 0.470 e. The average molecular weight is 212 g/mol. The minimum absolute atomic E-state index is 0.0389. The molecule has 82 valence electrons. The van der Waals surface area contributed by atoms with E-state index in [1.54, 1.807) is 13.0 Å². The van der Waals surface area contributed by atoms with Crippen LogP contribution in [0, 0.1) is 17.0 Å². The molecule has 0 saturated carbocycles. The van der Waals surface area contributed by atoms with Crippen LogP contribution < -0.4 is 4.74 Å². The summed E-state index contributed by atoms with van der Waals surface area (Å²) >= 11 is 0. The first-order chi connectivity index (χ1) is 7.15. The number of aromatic nitrogens is 1. The van der Waals surface area contributed by atoms with E-state index in [0.29, 0.717) is 12.3 Å². The van der Waals surface area contributed by atoms with Gasteiger partial charge in [0, 0.05) is 18.9 Å². The van der Waals surface area contributed by atoms with Crippen molar-refractivity contribution < 1.29 is 14.4 Å². The minimum Gasteiger partial charge on any atom is -0.470 e. The van der Waals surface area contributed by atoms with E-state index in [9.17, 15) is 10.1 Å². The van der Waals surface area contributed by atoms with Gasteiger partial charge in [0.15, 0.2) is 0 Å². The molecule has 0 N–H and O–H groups in total. The molecule has 0 aliphatic carbocycles. The summed E-state index contributed by atoms with van der Waals surface area (Å²) in [6, 6.07) is 2.95. The maximum absolute atomic E-state index is 10.6.